The van der Waals surface area contributed by atoms with Crippen LogP contribution in [0.3, 0.4) is 0 Å². The number of aromatic nitrogens is 2. The molecule has 0 saturated heterocycles. The number of benzene rings is 1. The van der Waals surface area contributed by atoms with E-state index < -0.39 is 5.91 Å². The molecule has 4 nitrogen and oxygen atoms in total. The summed E-state index contributed by atoms with van der Waals surface area (Å²) in [6, 6.07) is 16.2. The van der Waals surface area contributed by atoms with Crippen LogP contribution in [0.5, 0.6) is 0 Å². The first-order valence-electron chi connectivity index (χ1n) is 8.67. The van der Waals surface area contributed by atoms with Crippen molar-refractivity contribution in [1.29, 1.82) is 0 Å². The van der Waals surface area contributed by atoms with Crippen LogP contribution in [0.1, 0.15) is 20.9 Å². The van der Waals surface area contributed by atoms with Gasteiger partial charge in [-0.05, 0) is 30.9 Å². The highest BCUT2D eigenvalue weighted by molar-refractivity contribution is 7.13. The van der Waals surface area contributed by atoms with Gasteiger partial charge in [-0.25, -0.2) is 4.98 Å². The van der Waals surface area contributed by atoms with Crippen molar-refractivity contribution in [3.05, 3.63) is 75.4 Å². The number of amides is 1. The Labute approximate surface area is 165 Å². The number of aryl methyl sites for hydroxylation is 1. The molecule has 0 atom stereocenters. The Morgan fingerprint density at radius 3 is 2.67 bits per heavy atom. The predicted molar refractivity (Wildman–Crippen MR) is 112 cm³/mol. The highest BCUT2D eigenvalue weighted by Crippen LogP contribution is 2.31. The van der Waals surface area contributed by atoms with E-state index in [0.717, 1.165) is 40.6 Å². The van der Waals surface area contributed by atoms with Crippen LogP contribution in [-0.4, -0.2) is 15.5 Å². The van der Waals surface area contributed by atoms with Crippen LogP contribution >= 0.6 is 22.7 Å². The van der Waals surface area contributed by atoms with E-state index in [1.165, 1.54) is 4.88 Å². The molecular weight excluding hydrogens is 374 g/mol. The molecule has 3 heterocycles. The molecule has 0 fully saturated rings. The zero-order valence-electron chi connectivity index (χ0n) is 14.9. The van der Waals surface area contributed by atoms with E-state index in [1.807, 2.05) is 36.6 Å². The van der Waals surface area contributed by atoms with Gasteiger partial charge in [0.1, 0.15) is 5.01 Å². The topological polar surface area (TPSA) is 60.9 Å². The quantitative estimate of drug-likeness (QED) is 0.502. The van der Waals surface area contributed by atoms with Gasteiger partial charge in [0.25, 0.3) is 5.91 Å². The molecule has 4 aromatic rings. The molecule has 0 unspecified atom stereocenters. The number of carbonyl (C=O) groups excluding carboxylic acids is 1. The first-order valence-corrected chi connectivity index (χ1v) is 10.4. The second kappa shape index (κ2) is 7.50. The van der Waals surface area contributed by atoms with Crippen molar-refractivity contribution in [2.24, 2.45) is 5.73 Å². The Hall–Kier alpha value is -2.70. The average Bonchev–Trinajstić information content (AvgIpc) is 3.41. The standard InChI is InChI=1S/C21H19N3OS2/c1-14-17(20(22)25)12-19(24(14)10-9-16-8-5-11-26-16)18-13-27-21(23-18)15-6-3-2-4-7-15/h2-8,11-13H,9-10H2,1H3,(H2,22,25). The maximum absolute atomic E-state index is 11.9. The fourth-order valence-electron chi connectivity index (χ4n) is 3.18. The number of thiophene rings is 1. The molecule has 0 radical (unpaired) electrons. The molecule has 27 heavy (non-hydrogen) atoms. The summed E-state index contributed by atoms with van der Waals surface area (Å²) in [6.07, 6.45) is 0.911. The van der Waals surface area contributed by atoms with E-state index in [1.54, 1.807) is 22.7 Å². The van der Waals surface area contributed by atoms with Gasteiger partial charge < -0.3 is 10.3 Å². The van der Waals surface area contributed by atoms with Crippen LogP contribution in [0.15, 0.2) is 59.3 Å². The minimum atomic E-state index is -0.401. The Balaban J connectivity index is 1.72. The summed E-state index contributed by atoms with van der Waals surface area (Å²) in [5.74, 6) is -0.401. The molecule has 1 aromatic carbocycles. The Morgan fingerprint density at radius 2 is 1.96 bits per heavy atom. The molecule has 3 aromatic heterocycles. The lowest BCUT2D eigenvalue weighted by Gasteiger charge is -2.10. The fraction of sp³-hybridized carbons (Fsp3) is 0.143. The molecule has 6 heteroatoms. The number of hydrogen-bond acceptors (Lipinski definition) is 4. The first kappa shape index (κ1) is 17.7. The average molecular weight is 394 g/mol. The monoisotopic (exact) mass is 393 g/mol. The lowest BCUT2D eigenvalue weighted by Crippen LogP contribution is -2.13. The van der Waals surface area contributed by atoms with Crippen LogP contribution in [0.25, 0.3) is 22.0 Å². The number of thiazole rings is 1. The van der Waals surface area contributed by atoms with Crippen molar-refractivity contribution in [3.63, 3.8) is 0 Å². The number of nitrogens with zero attached hydrogens (tertiary/aromatic N) is 2. The van der Waals surface area contributed by atoms with Crippen molar-refractivity contribution in [1.82, 2.24) is 9.55 Å². The third-order valence-electron chi connectivity index (χ3n) is 4.58. The second-order valence-corrected chi connectivity index (χ2v) is 8.17. The lowest BCUT2D eigenvalue weighted by molar-refractivity contribution is 0.0999. The molecular formula is C21H19N3OS2. The van der Waals surface area contributed by atoms with Gasteiger partial charge in [0.05, 0.1) is 17.0 Å². The van der Waals surface area contributed by atoms with E-state index in [9.17, 15) is 4.79 Å². The fourth-order valence-corrected chi connectivity index (χ4v) is 4.69. The smallest absolute Gasteiger partial charge is 0.250 e. The summed E-state index contributed by atoms with van der Waals surface area (Å²) in [5.41, 5.74) is 9.96. The maximum atomic E-state index is 11.9. The molecule has 0 aliphatic heterocycles. The Kier molecular flexibility index (Phi) is 4.92. The van der Waals surface area contributed by atoms with Gasteiger partial charge in [0.15, 0.2) is 0 Å². The van der Waals surface area contributed by atoms with Crippen molar-refractivity contribution in [3.8, 4) is 22.0 Å². The number of primary amides is 1. The summed E-state index contributed by atoms with van der Waals surface area (Å²) in [7, 11) is 0. The molecule has 4 rings (SSSR count). The van der Waals surface area contributed by atoms with Crippen LogP contribution < -0.4 is 5.73 Å². The van der Waals surface area contributed by atoms with E-state index in [0.29, 0.717) is 5.56 Å². The minimum Gasteiger partial charge on any atom is -0.366 e. The van der Waals surface area contributed by atoms with Crippen molar-refractivity contribution < 1.29 is 4.79 Å². The number of carbonyl (C=O) groups is 1. The van der Waals surface area contributed by atoms with Gasteiger partial charge in [-0.1, -0.05) is 36.4 Å². The first-order chi connectivity index (χ1) is 13.1. The molecule has 0 aliphatic rings. The largest absolute Gasteiger partial charge is 0.366 e. The molecule has 0 aliphatic carbocycles. The number of nitrogens with two attached hydrogens (primary N) is 1. The van der Waals surface area contributed by atoms with Gasteiger partial charge in [-0.3, -0.25) is 4.79 Å². The van der Waals surface area contributed by atoms with Crippen LogP contribution in [0.4, 0.5) is 0 Å². The lowest BCUT2D eigenvalue weighted by atomic mass is 10.2. The van der Waals surface area contributed by atoms with Gasteiger partial charge in [-0.15, -0.1) is 22.7 Å². The van der Waals surface area contributed by atoms with Gasteiger partial charge >= 0.3 is 0 Å². The van der Waals surface area contributed by atoms with Crippen LogP contribution in [0, 0.1) is 6.92 Å². The minimum absolute atomic E-state index is 0.401. The Morgan fingerprint density at radius 1 is 1.15 bits per heavy atom. The predicted octanol–water partition coefficient (Wildman–Crippen LogP) is 4.99. The molecule has 136 valence electrons. The number of rotatable bonds is 6. The number of hydrogen-bond donors (Lipinski definition) is 1. The van der Waals surface area contributed by atoms with Gasteiger partial charge in [0, 0.05) is 28.1 Å². The van der Waals surface area contributed by atoms with E-state index in [2.05, 4.69) is 34.2 Å². The van der Waals surface area contributed by atoms with Crippen molar-refractivity contribution in [2.45, 2.75) is 19.9 Å². The van der Waals surface area contributed by atoms with E-state index in [-0.39, 0.29) is 0 Å². The van der Waals surface area contributed by atoms with Crippen LogP contribution in [0.2, 0.25) is 0 Å². The highest BCUT2D eigenvalue weighted by atomic mass is 32.1. The molecule has 1 amide bonds. The van der Waals surface area contributed by atoms with Crippen molar-refractivity contribution in [2.75, 3.05) is 0 Å². The van der Waals surface area contributed by atoms with Gasteiger partial charge in [-0.2, -0.15) is 0 Å². The molecule has 2 N–H and O–H groups in total. The highest BCUT2D eigenvalue weighted by Gasteiger charge is 2.19. The molecule has 0 saturated carbocycles. The molecule has 0 bridgehead atoms. The van der Waals surface area contributed by atoms with E-state index in [4.69, 9.17) is 10.7 Å². The summed E-state index contributed by atoms with van der Waals surface area (Å²) in [5, 5.41) is 5.10. The Bertz CT molecular complexity index is 1060. The molecule has 0 spiro atoms. The normalized spacial score (nSPS) is 11.0. The summed E-state index contributed by atoms with van der Waals surface area (Å²) >= 11 is 3.35. The SMILES string of the molecule is Cc1c(C(N)=O)cc(-c2csc(-c3ccccc3)n2)n1CCc1cccs1. The summed E-state index contributed by atoms with van der Waals surface area (Å²) in [4.78, 5) is 18.0. The third-order valence-corrected chi connectivity index (χ3v) is 6.41. The third kappa shape index (κ3) is 3.59. The second-order valence-electron chi connectivity index (χ2n) is 6.28. The maximum Gasteiger partial charge on any atom is 0.250 e. The summed E-state index contributed by atoms with van der Waals surface area (Å²) < 4.78 is 2.16. The zero-order valence-corrected chi connectivity index (χ0v) is 16.5. The van der Waals surface area contributed by atoms with Gasteiger partial charge in [0.2, 0.25) is 0 Å². The van der Waals surface area contributed by atoms with Crippen molar-refractivity contribution >= 4 is 28.6 Å². The van der Waals surface area contributed by atoms with Crippen LogP contribution in [-0.2, 0) is 13.0 Å². The van der Waals surface area contributed by atoms with E-state index >= 15 is 0 Å². The summed E-state index contributed by atoms with van der Waals surface area (Å²) in [6.45, 7) is 2.73. The zero-order chi connectivity index (χ0) is 18.8.